The van der Waals surface area contributed by atoms with E-state index in [1.54, 1.807) is 6.07 Å². The number of amides is 3. The molecule has 0 radical (unpaired) electrons. The number of carboxylic acid groups (broad SMARTS) is 1. The van der Waals surface area contributed by atoms with Crippen molar-refractivity contribution in [1.82, 2.24) is 10.6 Å². The van der Waals surface area contributed by atoms with Crippen molar-refractivity contribution in [3.8, 4) is 0 Å². The van der Waals surface area contributed by atoms with Crippen LogP contribution in [-0.4, -0.2) is 41.6 Å². The van der Waals surface area contributed by atoms with Crippen LogP contribution in [0.4, 0.5) is 10.5 Å². The van der Waals surface area contributed by atoms with E-state index in [2.05, 4.69) is 10.6 Å². The number of hydrogen-bond acceptors (Lipinski definition) is 3. The minimum absolute atomic E-state index is 0.270. The van der Waals surface area contributed by atoms with Crippen LogP contribution in [0.5, 0.6) is 0 Å². The fourth-order valence-electron chi connectivity index (χ4n) is 3.40. The molecule has 7 nitrogen and oxygen atoms in total. The molecule has 134 valence electrons. The van der Waals surface area contributed by atoms with Crippen molar-refractivity contribution >= 4 is 35.2 Å². The van der Waals surface area contributed by atoms with E-state index in [4.69, 9.17) is 11.6 Å². The van der Waals surface area contributed by atoms with Gasteiger partial charge in [0.05, 0.1) is 10.7 Å². The van der Waals surface area contributed by atoms with Gasteiger partial charge in [-0.3, -0.25) is 9.69 Å². The van der Waals surface area contributed by atoms with E-state index in [0.29, 0.717) is 36.6 Å². The highest BCUT2D eigenvalue weighted by atomic mass is 35.5. The van der Waals surface area contributed by atoms with Gasteiger partial charge < -0.3 is 15.7 Å². The number of carbonyl (C=O) groups is 3. The van der Waals surface area contributed by atoms with E-state index < -0.39 is 17.4 Å². The average Bonchev–Trinajstić information content (AvgIpc) is 3.01. The molecular weight excluding hydrogens is 346 g/mol. The highest BCUT2D eigenvalue weighted by molar-refractivity contribution is 6.34. The van der Waals surface area contributed by atoms with Gasteiger partial charge in [-0.25, -0.2) is 9.59 Å². The normalized spacial score (nSPS) is 19.4. The Morgan fingerprint density at radius 3 is 2.56 bits per heavy atom. The van der Waals surface area contributed by atoms with Crippen LogP contribution in [0.2, 0.25) is 5.02 Å². The molecule has 3 N–H and O–H groups in total. The van der Waals surface area contributed by atoms with E-state index in [1.807, 2.05) is 0 Å². The molecule has 0 spiro atoms. The van der Waals surface area contributed by atoms with Gasteiger partial charge in [0.25, 0.3) is 5.91 Å². The van der Waals surface area contributed by atoms with E-state index in [1.165, 1.54) is 17.0 Å². The summed E-state index contributed by atoms with van der Waals surface area (Å²) in [5.41, 5.74) is -0.497. The maximum absolute atomic E-state index is 12.6. The second kappa shape index (κ2) is 6.92. The van der Waals surface area contributed by atoms with E-state index in [9.17, 15) is 19.5 Å². The minimum Gasteiger partial charge on any atom is -0.480 e. The molecule has 8 heteroatoms. The lowest BCUT2D eigenvalue weighted by atomic mass is 9.81. The fourth-order valence-corrected chi connectivity index (χ4v) is 3.62. The molecule has 3 rings (SSSR count). The van der Waals surface area contributed by atoms with Gasteiger partial charge in [-0.1, -0.05) is 30.9 Å². The van der Waals surface area contributed by atoms with E-state index in [0.717, 1.165) is 19.3 Å². The average molecular weight is 366 g/mol. The van der Waals surface area contributed by atoms with Gasteiger partial charge in [-0.2, -0.15) is 0 Å². The zero-order valence-electron chi connectivity index (χ0n) is 13.7. The maximum atomic E-state index is 12.6. The SMILES string of the molecule is O=C(NC1(C(=O)O)CCCCC1)c1ccc(Cl)c(N2CCNC2=O)c1. The summed E-state index contributed by atoms with van der Waals surface area (Å²) in [6.07, 6.45) is 3.35. The van der Waals surface area contributed by atoms with Crippen molar-refractivity contribution < 1.29 is 19.5 Å². The number of carbonyl (C=O) groups excluding carboxylic acids is 2. The first kappa shape index (κ1) is 17.5. The number of nitrogens with zero attached hydrogens (tertiary/aromatic N) is 1. The lowest BCUT2D eigenvalue weighted by molar-refractivity contribution is -0.145. The van der Waals surface area contributed by atoms with Crippen molar-refractivity contribution in [1.29, 1.82) is 0 Å². The molecule has 1 aliphatic heterocycles. The van der Waals surface area contributed by atoms with Gasteiger partial charge in [0.2, 0.25) is 0 Å². The van der Waals surface area contributed by atoms with Crippen LogP contribution >= 0.6 is 11.6 Å². The Labute approximate surface area is 150 Å². The summed E-state index contributed by atoms with van der Waals surface area (Å²) in [4.78, 5) is 37.7. The second-order valence-corrected chi connectivity index (χ2v) is 6.86. The Morgan fingerprint density at radius 1 is 1.24 bits per heavy atom. The third-order valence-corrected chi connectivity index (χ3v) is 5.14. The van der Waals surface area contributed by atoms with Crippen molar-refractivity contribution in [3.63, 3.8) is 0 Å². The predicted octanol–water partition coefficient (Wildman–Crippen LogP) is 2.39. The van der Waals surface area contributed by atoms with Crippen LogP contribution < -0.4 is 15.5 Å². The van der Waals surface area contributed by atoms with Gasteiger partial charge in [-0.15, -0.1) is 0 Å². The highest BCUT2D eigenvalue weighted by Gasteiger charge is 2.41. The summed E-state index contributed by atoms with van der Waals surface area (Å²) in [5.74, 6) is -1.48. The monoisotopic (exact) mass is 365 g/mol. The van der Waals surface area contributed by atoms with Gasteiger partial charge in [0, 0.05) is 18.7 Å². The topological polar surface area (TPSA) is 98.7 Å². The Bertz CT molecular complexity index is 716. The summed E-state index contributed by atoms with van der Waals surface area (Å²) >= 11 is 6.17. The Morgan fingerprint density at radius 2 is 1.96 bits per heavy atom. The van der Waals surface area contributed by atoms with Gasteiger partial charge in [0.15, 0.2) is 0 Å². The highest BCUT2D eigenvalue weighted by Crippen LogP contribution is 2.31. The quantitative estimate of drug-likeness (QED) is 0.762. The molecule has 0 bridgehead atoms. The summed E-state index contributed by atoms with van der Waals surface area (Å²) in [7, 11) is 0. The zero-order valence-corrected chi connectivity index (χ0v) is 14.4. The molecule has 1 aromatic rings. The molecule has 1 aromatic carbocycles. The van der Waals surface area contributed by atoms with Gasteiger partial charge in [0.1, 0.15) is 5.54 Å². The zero-order chi connectivity index (χ0) is 18.0. The predicted molar refractivity (Wildman–Crippen MR) is 93.1 cm³/mol. The second-order valence-electron chi connectivity index (χ2n) is 6.45. The largest absolute Gasteiger partial charge is 0.480 e. The standard InChI is InChI=1S/C17H20ClN3O4/c18-12-5-4-11(10-13(12)21-9-8-19-16(21)25)14(22)20-17(15(23)24)6-2-1-3-7-17/h4-5,10H,1-3,6-9H2,(H,19,25)(H,20,22)(H,23,24). The molecule has 25 heavy (non-hydrogen) atoms. The first-order valence-electron chi connectivity index (χ1n) is 8.34. The molecule has 1 saturated carbocycles. The molecule has 2 aliphatic rings. The van der Waals surface area contributed by atoms with Crippen LogP contribution in [0.15, 0.2) is 18.2 Å². The van der Waals surface area contributed by atoms with Crippen molar-refractivity contribution in [3.05, 3.63) is 28.8 Å². The number of anilines is 1. The van der Waals surface area contributed by atoms with Crippen LogP contribution in [0.3, 0.4) is 0 Å². The number of halogens is 1. The molecule has 1 heterocycles. The Balaban J connectivity index is 1.84. The first-order chi connectivity index (χ1) is 11.9. The third-order valence-electron chi connectivity index (χ3n) is 4.83. The number of benzene rings is 1. The summed E-state index contributed by atoms with van der Waals surface area (Å²) in [6, 6.07) is 4.34. The summed E-state index contributed by atoms with van der Waals surface area (Å²) in [6.45, 7) is 0.969. The van der Waals surface area contributed by atoms with E-state index >= 15 is 0 Å². The molecule has 0 aromatic heterocycles. The first-order valence-corrected chi connectivity index (χ1v) is 8.72. The fraction of sp³-hybridized carbons (Fsp3) is 0.471. The maximum Gasteiger partial charge on any atom is 0.329 e. The van der Waals surface area contributed by atoms with Crippen LogP contribution in [0.1, 0.15) is 42.5 Å². The Kier molecular flexibility index (Phi) is 4.85. The molecular formula is C17H20ClN3O4. The number of hydrogen-bond donors (Lipinski definition) is 3. The lowest BCUT2D eigenvalue weighted by Crippen LogP contribution is -2.55. The lowest BCUT2D eigenvalue weighted by Gasteiger charge is -2.34. The number of aliphatic carboxylic acids is 1. The van der Waals surface area contributed by atoms with Gasteiger partial charge >= 0.3 is 12.0 Å². The molecule has 2 fully saturated rings. The molecule has 0 atom stereocenters. The molecule has 0 unspecified atom stereocenters. The third kappa shape index (κ3) is 3.42. The summed E-state index contributed by atoms with van der Waals surface area (Å²) < 4.78 is 0. The van der Waals surface area contributed by atoms with Crippen molar-refractivity contribution in [2.45, 2.75) is 37.6 Å². The number of rotatable bonds is 4. The number of carboxylic acids is 1. The summed E-state index contributed by atoms with van der Waals surface area (Å²) in [5, 5.41) is 15.3. The Hall–Kier alpha value is -2.28. The van der Waals surface area contributed by atoms with Crippen LogP contribution in [-0.2, 0) is 4.79 Å². The van der Waals surface area contributed by atoms with E-state index in [-0.39, 0.29) is 11.6 Å². The minimum atomic E-state index is -1.22. The number of urea groups is 1. The van der Waals surface area contributed by atoms with Crippen molar-refractivity contribution in [2.75, 3.05) is 18.0 Å². The van der Waals surface area contributed by atoms with Crippen molar-refractivity contribution in [2.24, 2.45) is 0 Å². The smallest absolute Gasteiger partial charge is 0.329 e. The molecule has 3 amide bonds. The molecule has 1 aliphatic carbocycles. The number of nitrogens with one attached hydrogen (secondary N) is 2. The van der Waals surface area contributed by atoms with Crippen LogP contribution in [0.25, 0.3) is 0 Å². The van der Waals surface area contributed by atoms with Crippen LogP contribution in [0, 0.1) is 0 Å². The molecule has 1 saturated heterocycles. The van der Waals surface area contributed by atoms with Gasteiger partial charge in [-0.05, 0) is 31.0 Å².